The smallest absolute Gasteiger partial charge is 0.253 e. The molecule has 0 saturated heterocycles. The first-order chi connectivity index (χ1) is 8.15. The summed E-state index contributed by atoms with van der Waals surface area (Å²) in [6.07, 6.45) is 0.852. The van der Waals surface area contributed by atoms with Crippen LogP contribution in [0.25, 0.3) is 0 Å². The molecule has 0 radical (unpaired) electrons. The van der Waals surface area contributed by atoms with Gasteiger partial charge in [0.25, 0.3) is 5.91 Å². The summed E-state index contributed by atoms with van der Waals surface area (Å²) >= 11 is 0. The van der Waals surface area contributed by atoms with Gasteiger partial charge in [0.2, 0.25) is 0 Å². The van der Waals surface area contributed by atoms with E-state index in [0.717, 1.165) is 13.0 Å². The molecule has 4 heteroatoms. The van der Waals surface area contributed by atoms with Crippen molar-refractivity contribution in [2.24, 2.45) is 0 Å². The Morgan fingerprint density at radius 3 is 2.59 bits per heavy atom. The molecule has 94 valence electrons. The van der Waals surface area contributed by atoms with Crippen LogP contribution in [0.4, 0.5) is 5.69 Å². The highest BCUT2D eigenvalue weighted by Gasteiger charge is 2.10. The van der Waals surface area contributed by atoms with Crippen LogP contribution in [-0.2, 0) is 4.74 Å². The first kappa shape index (κ1) is 13.5. The third kappa shape index (κ3) is 4.44. The first-order valence-corrected chi connectivity index (χ1v) is 5.84. The Kier molecular flexibility index (Phi) is 5.49. The van der Waals surface area contributed by atoms with Gasteiger partial charge >= 0.3 is 0 Å². The topological polar surface area (TPSA) is 55.6 Å². The lowest BCUT2D eigenvalue weighted by Crippen LogP contribution is -2.28. The Balaban J connectivity index is 2.43. The van der Waals surface area contributed by atoms with Crippen molar-refractivity contribution >= 4 is 11.6 Å². The van der Waals surface area contributed by atoms with E-state index in [1.807, 2.05) is 6.92 Å². The minimum absolute atomic E-state index is 0.0153. The molecule has 0 aliphatic rings. The van der Waals surface area contributed by atoms with Crippen LogP contribution < -0.4 is 5.73 Å². The molecule has 0 aromatic heterocycles. The highest BCUT2D eigenvalue weighted by molar-refractivity contribution is 5.94. The molecule has 4 nitrogen and oxygen atoms in total. The van der Waals surface area contributed by atoms with Gasteiger partial charge in [-0.15, -0.1) is 0 Å². The van der Waals surface area contributed by atoms with E-state index in [0.29, 0.717) is 24.4 Å². The molecule has 0 heterocycles. The van der Waals surface area contributed by atoms with Crippen molar-refractivity contribution < 1.29 is 9.53 Å². The van der Waals surface area contributed by atoms with Gasteiger partial charge in [-0.3, -0.25) is 4.79 Å². The monoisotopic (exact) mass is 236 g/mol. The molecule has 0 atom stereocenters. The summed E-state index contributed by atoms with van der Waals surface area (Å²) in [7, 11) is 1.80. The molecule has 17 heavy (non-hydrogen) atoms. The van der Waals surface area contributed by atoms with Crippen LogP contribution in [-0.4, -0.2) is 37.6 Å². The summed E-state index contributed by atoms with van der Waals surface area (Å²) in [5.74, 6) is 0.0153. The second-order valence-electron chi connectivity index (χ2n) is 3.90. The van der Waals surface area contributed by atoms with E-state index in [9.17, 15) is 4.79 Å². The number of anilines is 1. The molecule has 0 aliphatic heterocycles. The van der Waals surface area contributed by atoms with Crippen LogP contribution in [0.1, 0.15) is 23.7 Å². The van der Waals surface area contributed by atoms with Gasteiger partial charge in [0.15, 0.2) is 0 Å². The molecule has 0 bridgehead atoms. The van der Waals surface area contributed by atoms with Gasteiger partial charge in [0, 0.05) is 38.1 Å². The Labute approximate surface area is 102 Å². The third-order valence-corrected chi connectivity index (χ3v) is 2.49. The molecule has 0 saturated carbocycles. The number of benzene rings is 1. The number of nitrogen functional groups attached to an aromatic ring is 1. The second-order valence-corrected chi connectivity index (χ2v) is 3.90. The number of rotatable bonds is 6. The number of carbonyl (C=O) groups is 1. The zero-order valence-corrected chi connectivity index (χ0v) is 10.5. The van der Waals surface area contributed by atoms with Crippen LogP contribution in [0.15, 0.2) is 24.3 Å². The maximum Gasteiger partial charge on any atom is 0.253 e. The van der Waals surface area contributed by atoms with E-state index in [1.165, 1.54) is 0 Å². The van der Waals surface area contributed by atoms with Crippen LogP contribution in [0.5, 0.6) is 0 Å². The first-order valence-electron chi connectivity index (χ1n) is 5.84. The highest BCUT2D eigenvalue weighted by atomic mass is 16.5. The maximum atomic E-state index is 12.0. The molecule has 1 aromatic carbocycles. The number of nitrogens with zero attached hydrogens (tertiary/aromatic N) is 1. The molecule has 1 rings (SSSR count). The predicted octanol–water partition coefficient (Wildman–Crippen LogP) is 1.77. The molecule has 1 amide bonds. The standard InChI is InChI=1S/C13H20N2O2/c1-3-17-10-4-9-15(2)13(16)11-5-7-12(14)8-6-11/h5-8H,3-4,9-10,14H2,1-2H3. The molecule has 0 unspecified atom stereocenters. The minimum Gasteiger partial charge on any atom is -0.399 e. The van der Waals surface area contributed by atoms with Crippen LogP contribution >= 0.6 is 0 Å². The van der Waals surface area contributed by atoms with Crippen LogP contribution in [0, 0.1) is 0 Å². The van der Waals surface area contributed by atoms with E-state index in [-0.39, 0.29) is 5.91 Å². The summed E-state index contributed by atoms with van der Waals surface area (Å²) in [5, 5.41) is 0. The average molecular weight is 236 g/mol. The normalized spacial score (nSPS) is 10.2. The maximum absolute atomic E-state index is 12.0. The summed E-state index contributed by atoms with van der Waals surface area (Å²) in [4.78, 5) is 13.7. The van der Waals surface area contributed by atoms with Crippen molar-refractivity contribution in [3.8, 4) is 0 Å². The van der Waals surface area contributed by atoms with E-state index in [2.05, 4.69) is 0 Å². The summed E-state index contributed by atoms with van der Waals surface area (Å²) < 4.78 is 5.23. The summed E-state index contributed by atoms with van der Waals surface area (Å²) in [6, 6.07) is 6.97. The fraction of sp³-hybridized carbons (Fsp3) is 0.462. The lowest BCUT2D eigenvalue weighted by Gasteiger charge is -2.17. The van der Waals surface area contributed by atoms with E-state index in [4.69, 9.17) is 10.5 Å². The van der Waals surface area contributed by atoms with Gasteiger partial charge in [-0.25, -0.2) is 0 Å². The number of nitrogens with two attached hydrogens (primary N) is 1. The van der Waals surface area contributed by atoms with E-state index < -0.39 is 0 Å². The molecule has 0 aliphatic carbocycles. The average Bonchev–Trinajstić information content (AvgIpc) is 2.34. The highest BCUT2D eigenvalue weighted by Crippen LogP contribution is 2.08. The van der Waals surface area contributed by atoms with Crippen LogP contribution in [0.3, 0.4) is 0 Å². The summed E-state index contributed by atoms with van der Waals surface area (Å²) in [6.45, 7) is 4.07. The SMILES string of the molecule is CCOCCCN(C)C(=O)c1ccc(N)cc1. The third-order valence-electron chi connectivity index (χ3n) is 2.49. The number of hydrogen-bond donors (Lipinski definition) is 1. The Morgan fingerprint density at radius 2 is 2.00 bits per heavy atom. The van der Waals surface area contributed by atoms with Crippen molar-refractivity contribution in [1.82, 2.24) is 4.90 Å². The Bertz CT molecular complexity index is 349. The lowest BCUT2D eigenvalue weighted by molar-refractivity contribution is 0.0769. The van der Waals surface area contributed by atoms with Gasteiger partial charge in [0.05, 0.1) is 0 Å². The van der Waals surface area contributed by atoms with Crippen molar-refractivity contribution in [2.75, 3.05) is 32.5 Å². The van der Waals surface area contributed by atoms with E-state index >= 15 is 0 Å². The molecule has 0 spiro atoms. The van der Waals surface area contributed by atoms with Crippen molar-refractivity contribution in [3.63, 3.8) is 0 Å². The van der Waals surface area contributed by atoms with Crippen molar-refractivity contribution in [2.45, 2.75) is 13.3 Å². The molecular weight excluding hydrogens is 216 g/mol. The van der Waals surface area contributed by atoms with Gasteiger partial charge in [-0.1, -0.05) is 0 Å². The minimum atomic E-state index is 0.0153. The molecule has 1 aromatic rings. The van der Waals surface area contributed by atoms with Gasteiger partial charge in [0.1, 0.15) is 0 Å². The second kappa shape index (κ2) is 6.91. The van der Waals surface area contributed by atoms with Crippen molar-refractivity contribution in [3.05, 3.63) is 29.8 Å². The van der Waals surface area contributed by atoms with E-state index in [1.54, 1.807) is 36.2 Å². The molecule has 2 N–H and O–H groups in total. The van der Waals surface area contributed by atoms with Gasteiger partial charge in [-0.05, 0) is 37.6 Å². The number of carbonyl (C=O) groups excluding carboxylic acids is 1. The zero-order chi connectivity index (χ0) is 12.7. The van der Waals surface area contributed by atoms with Gasteiger partial charge in [-0.2, -0.15) is 0 Å². The number of ether oxygens (including phenoxy) is 1. The molecular formula is C13H20N2O2. The molecule has 0 fully saturated rings. The largest absolute Gasteiger partial charge is 0.399 e. The van der Waals surface area contributed by atoms with Crippen molar-refractivity contribution in [1.29, 1.82) is 0 Å². The predicted molar refractivity (Wildman–Crippen MR) is 68.9 cm³/mol. The fourth-order valence-corrected chi connectivity index (χ4v) is 1.50. The Morgan fingerprint density at radius 1 is 1.35 bits per heavy atom. The number of hydrogen-bond acceptors (Lipinski definition) is 3. The zero-order valence-electron chi connectivity index (χ0n) is 10.5. The Hall–Kier alpha value is -1.55. The van der Waals surface area contributed by atoms with Crippen LogP contribution in [0.2, 0.25) is 0 Å². The lowest BCUT2D eigenvalue weighted by atomic mass is 10.2. The quantitative estimate of drug-likeness (QED) is 0.605. The fourth-order valence-electron chi connectivity index (χ4n) is 1.50. The summed E-state index contributed by atoms with van der Waals surface area (Å²) in [5.41, 5.74) is 6.91. The van der Waals surface area contributed by atoms with Gasteiger partial charge < -0.3 is 15.4 Å². The number of amides is 1.